The summed E-state index contributed by atoms with van der Waals surface area (Å²) in [6, 6.07) is 14.2. The second kappa shape index (κ2) is 8.39. The van der Waals surface area contributed by atoms with Gasteiger partial charge in [-0.1, -0.05) is 35.6 Å². The average molecular weight is 392 g/mol. The van der Waals surface area contributed by atoms with E-state index in [-0.39, 0.29) is 5.82 Å². The van der Waals surface area contributed by atoms with E-state index in [9.17, 15) is 4.39 Å². The van der Waals surface area contributed by atoms with Crippen LogP contribution in [0.1, 0.15) is 5.56 Å². The Morgan fingerprint density at radius 2 is 1.96 bits per heavy atom. The van der Waals surface area contributed by atoms with Crippen molar-refractivity contribution in [1.29, 1.82) is 0 Å². The summed E-state index contributed by atoms with van der Waals surface area (Å²) < 4.78 is 20.9. The van der Waals surface area contributed by atoms with E-state index in [1.807, 2.05) is 24.3 Å². The molecule has 26 heavy (non-hydrogen) atoms. The predicted molar refractivity (Wildman–Crippen MR) is 104 cm³/mol. The molecule has 5 nitrogen and oxygen atoms in total. The molecule has 0 saturated heterocycles. The third-order valence-electron chi connectivity index (χ3n) is 3.79. The molecule has 136 valence electrons. The second-order valence-corrected chi connectivity index (χ2v) is 7.54. The van der Waals surface area contributed by atoms with Crippen molar-refractivity contribution in [1.82, 2.24) is 9.78 Å². The highest BCUT2D eigenvalue weighted by Crippen LogP contribution is 2.28. The van der Waals surface area contributed by atoms with Crippen LogP contribution in [0.25, 0.3) is 0 Å². The number of methoxy groups -OCH3 is 1. The Bertz CT molecular complexity index is 923. The maximum Gasteiger partial charge on any atom is 0.209 e. The number of anilines is 2. The Morgan fingerprint density at radius 1 is 1.23 bits per heavy atom. The first-order valence-corrected chi connectivity index (χ1v) is 9.31. The molecule has 0 aliphatic carbocycles. The largest absolute Gasteiger partial charge is 0.495 e. The minimum atomic E-state index is -0.222. The Hall–Kier alpha value is -2.29. The van der Waals surface area contributed by atoms with Crippen molar-refractivity contribution in [2.45, 2.75) is 13.2 Å². The maximum atomic E-state index is 13.0. The van der Waals surface area contributed by atoms with Crippen LogP contribution >= 0.6 is 23.6 Å². The van der Waals surface area contributed by atoms with Gasteiger partial charge in [-0.05, 0) is 36.5 Å². The van der Waals surface area contributed by atoms with E-state index in [1.54, 1.807) is 23.9 Å². The van der Waals surface area contributed by atoms with Crippen LogP contribution < -0.4 is 15.0 Å². The molecule has 0 aliphatic heterocycles. The van der Waals surface area contributed by atoms with E-state index in [0.29, 0.717) is 15.8 Å². The zero-order chi connectivity index (χ0) is 18.5. The molecule has 8 heteroatoms. The lowest BCUT2D eigenvalue weighted by atomic mass is 10.2. The number of aromatic nitrogens is 2. The van der Waals surface area contributed by atoms with Crippen LogP contribution in [0.5, 0.6) is 5.75 Å². The number of hydrogen-bond acceptors (Lipinski definition) is 5. The normalized spacial score (nSPS) is 12.0. The molecule has 0 saturated carbocycles. The first-order chi connectivity index (χ1) is 12.5. The van der Waals surface area contributed by atoms with E-state index in [2.05, 4.69) is 17.5 Å². The Balaban J connectivity index is 1.68. The van der Waals surface area contributed by atoms with Crippen molar-refractivity contribution < 1.29 is 14.0 Å². The summed E-state index contributed by atoms with van der Waals surface area (Å²) in [7, 11) is 3.69. The number of quaternary nitrogens is 1. The van der Waals surface area contributed by atoms with Crippen molar-refractivity contribution >= 4 is 34.4 Å². The van der Waals surface area contributed by atoms with E-state index in [4.69, 9.17) is 17.0 Å². The van der Waals surface area contributed by atoms with E-state index in [0.717, 1.165) is 23.5 Å². The summed E-state index contributed by atoms with van der Waals surface area (Å²) in [6.45, 7) is 1.38. The third-order valence-corrected chi connectivity index (χ3v) is 5.02. The molecular formula is C18H20FN4OS2+. The second-order valence-electron chi connectivity index (χ2n) is 5.92. The molecule has 0 bridgehead atoms. The Morgan fingerprint density at radius 3 is 2.69 bits per heavy atom. The summed E-state index contributed by atoms with van der Waals surface area (Å²) in [6.07, 6.45) is 0. The van der Waals surface area contributed by atoms with Gasteiger partial charge in [-0.25, -0.2) is 4.39 Å². The van der Waals surface area contributed by atoms with Gasteiger partial charge in [0, 0.05) is 5.56 Å². The lowest BCUT2D eigenvalue weighted by Crippen LogP contribution is -3.07. The molecule has 0 fully saturated rings. The van der Waals surface area contributed by atoms with Gasteiger partial charge in [-0.15, -0.1) is 5.10 Å². The number of nitrogens with zero attached hydrogens (tertiary/aromatic N) is 2. The van der Waals surface area contributed by atoms with Crippen LogP contribution in [-0.2, 0) is 13.2 Å². The molecular weight excluding hydrogens is 371 g/mol. The van der Waals surface area contributed by atoms with Crippen LogP contribution in [0.3, 0.4) is 0 Å². The van der Waals surface area contributed by atoms with E-state index in [1.165, 1.54) is 28.4 Å². The number of benzene rings is 2. The quantitative estimate of drug-likeness (QED) is 0.607. The van der Waals surface area contributed by atoms with Gasteiger partial charge in [0.05, 0.1) is 19.8 Å². The molecule has 0 amide bonds. The lowest BCUT2D eigenvalue weighted by molar-refractivity contribution is -0.917. The van der Waals surface area contributed by atoms with Gasteiger partial charge >= 0.3 is 0 Å². The molecule has 1 unspecified atom stereocenters. The fourth-order valence-electron chi connectivity index (χ4n) is 2.58. The van der Waals surface area contributed by atoms with Crippen molar-refractivity contribution in [2.75, 3.05) is 19.5 Å². The number of hydrogen-bond donors (Lipinski definition) is 2. The zero-order valence-electron chi connectivity index (χ0n) is 14.5. The number of nitrogens with one attached hydrogen (secondary N) is 2. The molecule has 3 rings (SSSR count). The predicted octanol–water partition coefficient (Wildman–Crippen LogP) is 3.24. The molecule has 3 aromatic rings. The van der Waals surface area contributed by atoms with Crippen molar-refractivity contribution in [3.8, 4) is 5.75 Å². The smallest absolute Gasteiger partial charge is 0.209 e. The molecule has 0 radical (unpaired) electrons. The van der Waals surface area contributed by atoms with Crippen LogP contribution in [0.15, 0.2) is 48.5 Å². The molecule has 2 N–H and O–H groups in total. The Labute approximate surface area is 160 Å². The summed E-state index contributed by atoms with van der Waals surface area (Å²) in [4.78, 5) is 1.20. The molecule has 1 aromatic heterocycles. The fourth-order valence-corrected chi connectivity index (χ4v) is 3.60. The maximum absolute atomic E-state index is 13.0. The minimum Gasteiger partial charge on any atom is -0.495 e. The van der Waals surface area contributed by atoms with Crippen LogP contribution in [0.4, 0.5) is 15.2 Å². The molecule has 0 aliphatic rings. The van der Waals surface area contributed by atoms with Gasteiger partial charge < -0.3 is 15.0 Å². The molecule has 1 heterocycles. The van der Waals surface area contributed by atoms with Crippen molar-refractivity contribution in [3.63, 3.8) is 0 Å². The van der Waals surface area contributed by atoms with Crippen LogP contribution in [-0.4, -0.2) is 23.9 Å². The highest BCUT2D eigenvalue weighted by atomic mass is 32.1. The third kappa shape index (κ3) is 4.66. The number of para-hydroxylation sites is 2. The molecule has 1 atom stereocenters. The lowest BCUT2D eigenvalue weighted by Gasteiger charge is -2.13. The van der Waals surface area contributed by atoms with Crippen molar-refractivity contribution in [2.24, 2.45) is 0 Å². The summed E-state index contributed by atoms with van der Waals surface area (Å²) in [5, 5.41) is 8.53. The number of rotatable bonds is 7. The summed E-state index contributed by atoms with van der Waals surface area (Å²) in [5.41, 5.74) is 1.91. The first kappa shape index (κ1) is 18.5. The fraction of sp³-hybridized carbons (Fsp3) is 0.222. The average Bonchev–Trinajstić information content (AvgIpc) is 2.96. The van der Waals surface area contributed by atoms with Crippen LogP contribution in [0, 0.1) is 9.77 Å². The van der Waals surface area contributed by atoms with Crippen molar-refractivity contribution in [3.05, 3.63) is 63.9 Å². The molecule has 2 aromatic carbocycles. The van der Waals surface area contributed by atoms with E-state index < -0.39 is 0 Å². The summed E-state index contributed by atoms with van der Waals surface area (Å²) >= 11 is 6.85. The number of ether oxygens (including phenoxy) is 1. The van der Waals surface area contributed by atoms with Gasteiger partial charge in [0.25, 0.3) is 0 Å². The highest BCUT2D eigenvalue weighted by Gasteiger charge is 2.11. The van der Waals surface area contributed by atoms with E-state index >= 15 is 0 Å². The topological polar surface area (TPSA) is 43.5 Å². The summed E-state index contributed by atoms with van der Waals surface area (Å²) in [5.74, 6) is 0.527. The van der Waals surface area contributed by atoms with Crippen LogP contribution in [0.2, 0.25) is 0 Å². The minimum absolute atomic E-state index is 0.222. The monoisotopic (exact) mass is 391 g/mol. The van der Waals surface area contributed by atoms with Gasteiger partial charge in [0.1, 0.15) is 18.1 Å². The van der Waals surface area contributed by atoms with Gasteiger partial charge in [0.15, 0.2) is 10.6 Å². The first-order valence-electron chi connectivity index (χ1n) is 8.09. The molecule has 0 spiro atoms. The Kier molecular flexibility index (Phi) is 5.97. The number of halogens is 1. The van der Waals surface area contributed by atoms with Gasteiger partial charge in [-0.3, -0.25) is 0 Å². The zero-order valence-corrected chi connectivity index (χ0v) is 16.2. The van der Waals surface area contributed by atoms with Gasteiger partial charge in [-0.2, -0.15) is 4.68 Å². The standard InChI is InChI=1S/C18H19FN4OS2/c1-22(11-13-7-9-14(19)10-8-13)12-23-18(25)26-17(21-23)20-15-5-3-4-6-16(15)24-2/h3-10H,11-12H2,1-2H3,(H,20,21)/p+1. The SMILES string of the molecule is COc1ccccc1Nc1nn(C[NH+](C)Cc2ccc(F)cc2)c(=S)s1. The van der Waals surface area contributed by atoms with Gasteiger partial charge in [0.2, 0.25) is 5.13 Å². The highest BCUT2D eigenvalue weighted by molar-refractivity contribution is 7.73.